The van der Waals surface area contributed by atoms with Crippen LogP contribution in [0.4, 0.5) is 0 Å². The van der Waals surface area contributed by atoms with Gasteiger partial charge in [0, 0.05) is 17.1 Å². The number of halogens is 1. The maximum Gasteiger partial charge on any atom is 0.240 e. The maximum atomic E-state index is 12.2. The smallest absolute Gasteiger partial charge is 0.240 e. The van der Waals surface area contributed by atoms with E-state index in [0.29, 0.717) is 23.4 Å². The molecule has 4 nitrogen and oxygen atoms in total. The highest BCUT2D eigenvalue weighted by Gasteiger charge is 2.22. The summed E-state index contributed by atoms with van der Waals surface area (Å²) in [5, 5.41) is 0. The van der Waals surface area contributed by atoms with Gasteiger partial charge in [0.1, 0.15) is 0 Å². The number of rotatable bonds is 5. The molecule has 6 heteroatoms. The molecule has 0 amide bonds. The Balaban J connectivity index is 1.87. The second kappa shape index (κ2) is 7.22. The van der Waals surface area contributed by atoms with E-state index in [9.17, 15) is 8.42 Å². The Morgan fingerprint density at radius 3 is 2.33 bits per heavy atom. The maximum absolute atomic E-state index is 12.2. The lowest BCUT2D eigenvalue weighted by atomic mass is 9.96. The number of nitrogens with zero attached hydrogens (tertiary/aromatic N) is 1. The van der Waals surface area contributed by atoms with Crippen molar-refractivity contribution >= 4 is 26.0 Å². The van der Waals surface area contributed by atoms with Crippen LogP contribution in [0.1, 0.15) is 26.7 Å². The van der Waals surface area contributed by atoms with Crippen LogP contribution in [0.15, 0.2) is 33.6 Å². The van der Waals surface area contributed by atoms with Crippen LogP contribution in [0.5, 0.6) is 0 Å². The molecule has 1 fully saturated rings. The number of hydrogen-bond acceptors (Lipinski definition) is 3. The first-order chi connectivity index (χ1) is 9.88. The van der Waals surface area contributed by atoms with Crippen LogP contribution in [-0.4, -0.2) is 39.0 Å². The normalized spacial score (nSPS) is 18.3. The second-order valence-corrected chi connectivity index (χ2v) is 8.56. The van der Waals surface area contributed by atoms with Crippen LogP contribution >= 0.6 is 15.9 Å². The third-order valence-corrected chi connectivity index (χ3v) is 6.03. The molecule has 0 radical (unpaired) electrons. The molecule has 21 heavy (non-hydrogen) atoms. The Bertz CT molecular complexity index is 550. The molecule has 1 aromatic rings. The molecule has 1 heterocycles. The Kier molecular flexibility index (Phi) is 5.82. The molecule has 0 aromatic heterocycles. The predicted octanol–water partition coefficient (Wildman–Crippen LogP) is 2.85. The highest BCUT2D eigenvalue weighted by molar-refractivity contribution is 9.10. The fourth-order valence-electron chi connectivity index (χ4n) is 2.60. The monoisotopic (exact) mass is 374 g/mol. The highest BCUT2D eigenvalue weighted by Crippen LogP contribution is 2.19. The van der Waals surface area contributed by atoms with Crippen molar-refractivity contribution in [1.82, 2.24) is 9.62 Å². The van der Waals surface area contributed by atoms with Gasteiger partial charge in [0.05, 0.1) is 4.90 Å². The first-order valence-electron chi connectivity index (χ1n) is 7.38. The Hall–Kier alpha value is -0.430. The second-order valence-electron chi connectivity index (χ2n) is 5.88. The quantitative estimate of drug-likeness (QED) is 0.861. The molecule has 1 saturated heterocycles. The van der Waals surface area contributed by atoms with Gasteiger partial charge in [-0.2, -0.15) is 0 Å². The van der Waals surface area contributed by atoms with E-state index in [2.05, 4.69) is 39.4 Å². The number of likely N-dealkylation sites (tertiary alicyclic amines) is 1. The minimum Gasteiger partial charge on any atom is -0.301 e. The van der Waals surface area contributed by atoms with Crippen LogP contribution in [0, 0.1) is 5.92 Å². The zero-order valence-electron chi connectivity index (χ0n) is 12.5. The number of piperidine rings is 1. The fourth-order valence-corrected chi connectivity index (χ4v) is 3.98. The topological polar surface area (TPSA) is 49.4 Å². The Morgan fingerprint density at radius 1 is 1.24 bits per heavy atom. The summed E-state index contributed by atoms with van der Waals surface area (Å²) in [6, 6.07) is 7.30. The molecule has 0 spiro atoms. The van der Waals surface area contributed by atoms with Gasteiger partial charge < -0.3 is 4.90 Å². The predicted molar refractivity (Wildman–Crippen MR) is 88.8 cm³/mol. The summed E-state index contributed by atoms with van der Waals surface area (Å²) < 4.78 is 28.1. The Labute approximate surface area is 136 Å². The molecule has 0 atom stereocenters. The van der Waals surface area contributed by atoms with Crippen molar-refractivity contribution in [2.75, 3.05) is 19.6 Å². The van der Waals surface area contributed by atoms with Gasteiger partial charge in [-0.1, -0.05) is 15.9 Å². The minimum atomic E-state index is -3.39. The van der Waals surface area contributed by atoms with Gasteiger partial charge >= 0.3 is 0 Å². The van der Waals surface area contributed by atoms with E-state index in [4.69, 9.17) is 0 Å². The van der Waals surface area contributed by atoms with Crippen molar-refractivity contribution in [2.45, 2.75) is 37.6 Å². The lowest BCUT2D eigenvalue weighted by Gasteiger charge is -2.34. The number of nitrogens with one attached hydrogen (secondary N) is 1. The van der Waals surface area contributed by atoms with Crippen molar-refractivity contribution in [2.24, 2.45) is 5.92 Å². The first-order valence-corrected chi connectivity index (χ1v) is 9.65. The zero-order valence-corrected chi connectivity index (χ0v) is 15.0. The van der Waals surface area contributed by atoms with Gasteiger partial charge in [-0.25, -0.2) is 13.1 Å². The van der Waals surface area contributed by atoms with E-state index in [1.165, 1.54) is 0 Å². The van der Waals surface area contributed by atoms with Crippen molar-refractivity contribution in [1.29, 1.82) is 0 Å². The molecule has 118 valence electrons. The van der Waals surface area contributed by atoms with Crippen LogP contribution in [0.3, 0.4) is 0 Å². The van der Waals surface area contributed by atoms with Gasteiger partial charge in [0.15, 0.2) is 0 Å². The summed E-state index contributed by atoms with van der Waals surface area (Å²) in [5.41, 5.74) is 0. The zero-order chi connectivity index (χ0) is 15.5. The average Bonchev–Trinajstić information content (AvgIpc) is 2.46. The number of hydrogen-bond donors (Lipinski definition) is 1. The van der Waals surface area contributed by atoms with Crippen molar-refractivity contribution in [3.05, 3.63) is 28.7 Å². The molecule has 0 unspecified atom stereocenters. The lowest BCUT2D eigenvalue weighted by molar-refractivity contribution is 0.151. The summed E-state index contributed by atoms with van der Waals surface area (Å²) in [5.74, 6) is 0.435. The summed E-state index contributed by atoms with van der Waals surface area (Å²) >= 11 is 3.31. The first kappa shape index (κ1) is 16.9. The van der Waals surface area contributed by atoms with Gasteiger partial charge in [0.2, 0.25) is 10.0 Å². The molecule has 2 rings (SSSR count). The molecule has 1 aliphatic heterocycles. The van der Waals surface area contributed by atoms with Crippen LogP contribution in [0.25, 0.3) is 0 Å². The van der Waals surface area contributed by atoms with E-state index < -0.39 is 10.0 Å². The van der Waals surface area contributed by atoms with Gasteiger partial charge in [-0.05, 0) is 70.0 Å². The molecule has 0 saturated carbocycles. The summed E-state index contributed by atoms with van der Waals surface area (Å²) in [6.45, 7) is 7.06. The van der Waals surface area contributed by atoms with Crippen molar-refractivity contribution in [3.8, 4) is 0 Å². The van der Waals surface area contributed by atoms with Crippen molar-refractivity contribution < 1.29 is 8.42 Å². The SMILES string of the molecule is CC(C)N1CCC(CNS(=O)(=O)c2ccc(Br)cc2)CC1. The average molecular weight is 375 g/mol. The molecular weight excluding hydrogens is 352 g/mol. The van der Waals surface area contributed by atoms with Crippen molar-refractivity contribution in [3.63, 3.8) is 0 Å². The summed E-state index contributed by atoms with van der Waals surface area (Å²) in [4.78, 5) is 2.77. The molecule has 1 aromatic carbocycles. The third kappa shape index (κ3) is 4.77. The van der Waals surface area contributed by atoms with Gasteiger partial charge in [-0.3, -0.25) is 0 Å². The standard InChI is InChI=1S/C15H23BrN2O2S/c1-12(2)18-9-7-13(8-10-18)11-17-21(19,20)15-5-3-14(16)4-6-15/h3-6,12-13,17H,7-11H2,1-2H3. The van der Waals surface area contributed by atoms with Crippen LogP contribution in [-0.2, 0) is 10.0 Å². The molecule has 1 N–H and O–H groups in total. The summed E-state index contributed by atoms with van der Waals surface area (Å²) in [6.07, 6.45) is 2.11. The van der Waals surface area contributed by atoms with E-state index in [0.717, 1.165) is 30.4 Å². The highest BCUT2D eigenvalue weighted by atomic mass is 79.9. The third-order valence-electron chi connectivity index (χ3n) is 4.07. The minimum absolute atomic E-state index is 0.324. The van der Waals surface area contributed by atoms with E-state index >= 15 is 0 Å². The number of benzene rings is 1. The van der Waals surface area contributed by atoms with Gasteiger partial charge in [-0.15, -0.1) is 0 Å². The van der Waals surface area contributed by atoms with Gasteiger partial charge in [0.25, 0.3) is 0 Å². The summed E-state index contributed by atoms with van der Waals surface area (Å²) in [7, 11) is -3.39. The molecule has 0 bridgehead atoms. The molecule has 1 aliphatic rings. The fraction of sp³-hybridized carbons (Fsp3) is 0.600. The van der Waals surface area contributed by atoms with E-state index in [-0.39, 0.29) is 0 Å². The van der Waals surface area contributed by atoms with Crippen LogP contribution in [0.2, 0.25) is 0 Å². The number of sulfonamides is 1. The largest absolute Gasteiger partial charge is 0.301 e. The van der Waals surface area contributed by atoms with E-state index in [1.807, 2.05) is 0 Å². The molecular formula is C15H23BrN2O2S. The Morgan fingerprint density at radius 2 is 1.81 bits per heavy atom. The molecule has 0 aliphatic carbocycles. The van der Waals surface area contributed by atoms with E-state index in [1.54, 1.807) is 24.3 Å². The lowest BCUT2D eigenvalue weighted by Crippen LogP contribution is -2.41. The van der Waals surface area contributed by atoms with Crippen LogP contribution < -0.4 is 4.72 Å².